The first kappa shape index (κ1) is 20.9. The Bertz CT molecular complexity index is 1280. The molecule has 0 aliphatic carbocycles. The van der Waals surface area contributed by atoms with E-state index in [9.17, 15) is 4.79 Å². The molecule has 1 fully saturated rings. The summed E-state index contributed by atoms with van der Waals surface area (Å²) in [6.45, 7) is 2.68. The summed E-state index contributed by atoms with van der Waals surface area (Å²) < 4.78 is 10.8. The number of benzene rings is 2. The van der Waals surface area contributed by atoms with E-state index in [0.29, 0.717) is 29.3 Å². The minimum absolute atomic E-state index is 0.106. The molecular weight excluding hydrogens is 418 g/mol. The van der Waals surface area contributed by atoms with Gasteiger partial charge in [-0.15, -0.1) is 0 Å². The monoisotopic (exact) mass is 443 g/mol. The van der Waals surface area contributed by atoms with Crippen LogP contribution < -0.4 is 9.47 Å². The van der Waals surface area contributed by atoms with Gasteiger partial charge in [-0.1, -0.05) is 30.3 Å². The highest BCUT2D eigenvalue weighted by molar-refractivity contribution is 6.00. The van der Waals surface area contributed by atoms with Gasteiger partial charge >= 0.3 is 0 Å². The molecule has 1 amide bonds. The van der Waals surface area contributed by atoms with Crippen LogP contribution in [0, 0.1) is 0 Å². The first-order chi connectivity index (χ1) is 16.0. The van der Waals surface area contributed by atoms with E-state index in [1.54, 1.807) is 20.4 Å². The van der Waals surface area contributed by atoms with E-state index in [0.717, 1.165) is 35.3 Å². The van der Waals surface area contributed by atoms with E-state index in [-0.39, 0.29) is 5.91 Å². The summed E-state index contributed by atoms with van der Waals surface area (Å²) in [4.78, 5) is 32.5. The van der Waals surface area contributed by atoms with Crippen molar-refractivity contribution in [1.29, 1.82) is 0 Å². The zero-order valence-electron chi connectivity index (χ0n) is 18.8. The number of ether oxygens (including phenoxy) is 2. The van der Waals surface area contributed by atoms with Crippen molar-refractivity contribution in [2.24, 2.45) is 0 Å². The number of methoxy groups -OCH3 is 2. The topological polar surface area (TPSA) is 93.2 Å². The standard InChI is InChI=1S/C25H25N5O3/c1-25(24-28-18-12-20(32-2)21(33-3)13-19(18)29-24)10-7-11-30(25)23(31)17-14-26-15-27-22(17)16-8-5-4-6-9-16/h4-6,8-9,12-15H,7,10-11H2,1-3H3,(H,28,29). The van der Waals surface area contributed by atoms with E-state index < -0.39 is 5.54 Å². The van der Waals surface area contributed by atoms with Crippen LogP contribution in [-0.4, -0.2) is 51.5 Å². The number of amides is 1. The highest BCUT2D eigenvalue weighted by Crippen LogP contribution is 2.40. The van der Waals surface area contributed by atoms with Crippen LogP contribution in [0.2, 0.25) is 0 Å². The Morgan fingerprint density at radius 1 is 1.12 bits per heavy atom. The second kappa shape index (κ2) is 8.20. The molecule has 1 saturated heterocycles. The van der Waals surface area contributed by atoms with E-state index in [4.69, 9.17) is 14.5 Å². The first-order valence-corrected chi connectivity index (χ1v) is 10.8. The number of aromatic amines is 1. The van der Waals surface area contributed by atoms with Gasteiger partial charge in [-0.05, 0) is 19.8 Å². The maximum atomic E-state index is 13.8. The lowest BCUT2D eigenvalue weighted by Crippen LogP contribution is -2.44. The molecule has 2 aromatic carbocycles. The van der Waals surface area contributed by atoms with Crippen molar-refractivity contribution >= 4 is 16.9 Å². The largest absolute Gasteiger partial charge is 0.493 e. The molecule has 3 heterocycles. The number of nitrogens with one attached hydrogen (secondary N) is 1. The molecule has 33 heavy (non-hydrogen) atoms. The van der Waals surface area contributed by atoms with Crippen LogP contribution in [0.4, 0.5) is 0 Å². The molecule has 0 saturated carbocycles. The molecule has 1 atom stereocenters. The van der Waals surface area contributed by atoms with Crippen molar-refractivity contribution in [3.05, 3.63) is 66.4 Å². The van der Waals surface area contributed by atoms with Gasteiger partial charge in [0.15, 0.2) is 11.5 Å². The lowest BCUT2D eigenvalue weighted by atomic mass is 9.96. The normalized spacial score (nSPS) is 18.0. The average Bonchev–Trinajstić information content (AvgIpc) is 3.47. The Kier molecular flexibility index (Phi) is 5.20. The van der Waals surface area contributed by atoms with Gasteiger partial charge < -0.3 is 19.4 Å². The fourth-order valence-electron chi connectivity index (χ4n) is 4.58. The van der Waals surface area contributed by atoms with Crippen molar-refractivity contribution in [2.75, 3.05) is 20.8 Å². The maximum absolute atomic E-state index is 13.8. The summed E-state index contributed by atoms with van der Waals surface area (Å²) in [7, 11) is 3.20. The highest BCUT2D eigenvalue weighted by atomic mass is 16.5. The van der Waals surface area contributed by atoms with Gasteiger partial charge in [-0.3, -0.25) is 4.79 Å². The highest BCUT2D eigenvalue weighted by Gasteiger charge is 2.44. The predicted octanol–water partition coefficient (Wildman–Crippen LogP) is 4.19. The van der Waals surface area contributed by atoms with Crippen molar-refractivity contribution in [3.63, 3.8) is 0 Å². The quantitative estimate of drug-likeness (QED) is 0.497. The number of carbonyl (C=O) groups excluding carboxylic acids is 1. The van der Waals surface area contributed by atoms with Gasteiger partial charge in [-0.25, -0.2) is 15.0 Å². The number of nitrogens with zero attached hydrogens (tertiary/aromatic N) is 4. The molecule has 8 nitrogen and oxygen atoms in total. The van der Waals surface area contributed by atoms with Gasteiger partial charge in [0.25, 0.3) is 5.91 Å². The second-order valence-electron chi connectivity index (χ2n) is 8.29. The van der Waals surface area contributed by atoms with Crippen LogP contribution in [0.1, 0.15) is 35.9 Å². The Hall–Kier alpha value is -3.94. The molecular formula is C25H25N5O3. The van der Waals surface area contributed by atoms with Crippen LogP contribution in [0.5, 0.6) is 11.5 Å². The SMILES string of the molecule is COc1cc2nc(C3(C)CCCN3C(=O)c3cncnc3-c3ccccc3)[nH]c2cc1OC. The summed E-state index contributed by atoms with van der Waals surface area (Å²) in [5, 5.41) is 0. The summed E-state index contributed by atoms with van der Waals surface area (Å²) in [6, 6.07) is 13.4. The predicted molar refractivity (Wildman–Crippen MR) is 124 cm³/mol. The zero-order valence-corrected chi connectivity index (χ0v) is 18.8. The summed E-state index contributed by atoms with van der Waals surface area (Å²) >= 11 is 0. The molecule has 168 valence electrons. The van der Waals surface area contributed by atoms with E-state index in [1.807, 2.05) is 47.4 Å². The van der Waals surface area contributed by atoms with Crippen molar-refractivity contribution in [1.82, 2.24) is 24.8 Å². The summed E-state index contributed by atoms with van der Waals surface area (Å²) in [5.74, 6) is 1.86. The minimum atomic E-state index is -0.597. The number of imidazole rings is 1. The lowest BCUT2D eigenvalue weighted by molar-refractivity contribution is 0.0606. The van der Waals surface area contributed by atoms with Crippen LogP contribution in [0.3, 0.4) is 0 Å². The Labute approximate surface area is 191 Å². The van der Waals surface area contributed by atoms with Crippen molar-refractivity contribution in [2.45, 2.75) is 25.3 Å². The lowest BCUT2D eigenvalue weighted by Gasteiger charge is -2.34. The van der Waals surface area contributed by atoms with Gasteiger partial charge in [0.1, 0.15) is 12.2 Å². The fourth-order valence-corrected chi connectivity index (χ4v) is 4.58. The number of aromatic nitrogens is 4. The van der Waals surface area contributed by atoms with E-state index in [2.05, 4.69) is 21.9 Å². The molecule has 0 bridgehead atoms. The first-order valence-electron chi connectivity index (χ1n) is 10.8. The number of likely N-dealkylation sites (tertiary alicyclic amines) is 1. The van der Waals surface area contributed by atoms with Gasteiger partial charge in [0, 0.05) is 30.4 Å². The number of rotatable bonds is 5. The molecule has 1 unspecified atom stereocenters. The maximum Gasteiger partial charge on any atom is 0.258 e. The third-order valence-corrected chi connectivity index (χ3v) is 6.37. The third-order valence-electron chi connectivity index (χ3n) is 6.37. The fraction of sp³-hybridized carbons (Fsp3) is 0.280. The molecule has 1 N–H and O–H groups in total. The molecule has 8 heteroatoms. The van der Waals surface area contributed by atoms with Crippen LogP contribution in [0.15, 0.2) is 55.0 Å². The molecule has 2 aromatic heterocycles. The summed E-state index contributed by atoms with van der Waals surface area (Å²) in [5.41, 5.74) is 2.99. The average molecular weight is 444 g/mol. The van der Waals surface area contributed by atoms with Crippen molar-refractivity contribution < 1.29 is 14.3 Å². The molecule has 1 aliphatic heterocycles. The zero-order chi connectivity index (χ0) is 23.0. The molecule has 0 spiro atoms. The van der Waals surface area contributed by atoms with Crippen LogP contribution >= 0.6 is 0 Å². The number of hydrogen-bond donors (Lipinski definition) is 1. The van der Waals surface area contributed by atoms with E-state index >= 15 is 0 Å². The molecule has 0 radical (unpaired) electrons. The van der Waals surface area contributed by atoms with E-state index in [1.165, 1.54) is 6.33 Å². The van der Waals surface area contributed by atoms with Gasteiger partial charge in [0.05, 0.1) is 42.0 Å². The number of carbonyl (C=O) groups is 1. The smallest absolute Gasteiger partial charge is 0.258 e. The molecule has 5 rings (SSSR count). The third kappa shape index (κ3) is 3.47. The van der Waals surface area contributed by atoms with Gasteiger partial charge in [-0.2, -0.15) is 0 Å². The molecule has 4 aromatic rings. The second-order valence-corrected chi connectivity index (χ2v) is 8.29. The van der Waals surface area contributed by atoms with Crippen molar-refractivity contribution in [3.8, 4) is 22.8 Å². The van der Waals surface area contributed by atoms with Crippen LogP contribution in [0.25, 0.3) is 22.3 Å². The minimum Gasteiger partial charge on any atom is -0.493 e. The Morgan fingerprint density at radius 3 is 2.64 bits per heavy atom. The molecule has 1 aliphatic rings. The number of hydrogen-bond acceptors (Lipinski definition) is 6. The summed E-state index contributed by atoms with van der Waals surface area (Å²) in [6.07, 6.45) is 4.74. The van der Waals surface area contributed by atoms with Crippen LogP contribution in [-0.2, 0) is 5.54 Å². The number of fused-ring (bicyclic) bond motifs is 1. The van der Waals surface area contributed by atoms with Gasteiger partial charge in [0.2, 0.25) is 0 Å². The Balaban J connectivity index is 1.55. The number of H-pyrrole nitrogens is 1. The Morgan fingerprint density at radius 2 is 1.88 bits per heavy atom.